The highest BCUT2D eigenvalue weighted by atomic mass is 32.1. The van der Waals surface area contributed by atoms with Crippen molar-refractivity contribution in [2.45, 2.75) is 32.7 Å². The molecule has 0 amide bonds. The molecule has 1 atom stereocenters. The van der Waals surface area contributed by atoms with Crippen molar-refractivity contribution < 1.29 is 14.1 Å². The van der Waals surface area contributed by atoms with E-state index in [1.807, 2.05) is 13.8 Å². The standard InChI is InChI=1S/C25H20FN3O4S/c1-25(2)12-18-21(19(30)13-25)22(16-5-3-4-6-17(16)26)28-23(31)20(34-24(28)27-18)11-14-7-9-15(10-8-14)29(32)33/h3-11,22H,12-13H2,1-2H3. The number of hydrogen-bond donors (Lipinski definition) is 0. The molecule has 7 nitrogen and oxygen atoms in total. The molecule has 2 heterocycles. The van der Waals surface area contributed by atoms with Crippen LogP contribution in [-0.4, -0.2) is 15.3 Å². The molecule has 1 aliphatic carbocycles. The summed E-state index contributed by atoms with van der Waals surface area (Å²) in [6.07, 6.45) is 2.47. The van der Waals surface area contributed by atoms with E-state index in [1.165, 1.54) is 22.8 Å². The van der Waals surface area contributed by atoms with Gasteiger partial charge in [-0.3, -0.25) is 24.3 Å². The van der Waals surface area contributed by atoms with Gasteiger partial charge >= 0.3 is 0 Å². The van der Waals surface area contributed by atoms with Crippen LogP contribution in [-0.2, 0) is 4.79 Å². The molecule has 9 heteroatoms. The molecule has 1 aromatic heterocycles. The number of allylic oxidation sites excluding steroid dienone is 2. The van der Waals surface area contributed by atoms with Crippen LogP contribution in [0.2, 0.25) is 0 Å². The molecule has 0 N–H and O–H groups in total. The summed E-state index contributed by atoms with van der Waals surface area (Å²) in [5.41, 5.74) is 1.11. The lowest BCUT2D eigenvalue weighted by Gasteiger charge is -2.35. The van der Waals surface area contributed by atoms with Crippen LogP contribution in [0.1, 0.15) is 43.9 Å². The largest absolute Gasteiger partial charge is 0.294 e. The monoisotopic (exact) mass is 477 g/mol. The molecule has 0 fully saturated rings. The van der Waals surface area contributed by atoms with E-state index in [0.29, 0.717) is 39.0 Å². The van der Waals surface area contributed by atoms with Crippen LogP contribution in [0.3, 0.4) is 0 Å². The Labute approximate surface area is 197 Å². The topological polar surface area (TPSA) is 94.6 Å². The van der Waals surface area contributed by atoms with E-state index in [4.69, 9.17) is 0 Å². The van der Waals surface area contributed by atoms with E-state index in [0.717, 1.165) is 11.3 Å². The Morgan fingerprint density at radius 3 is 2.53 bits per heavy atom. The average molecular weight is 478 g/mol. The van der Waals surface area contributed by atoms with Crippen LogP contribution in [0.5, 0.6) is 0 Å². The molecule has 1 unspecified atom stereocenters. The van der Waals surface area contributed by atoms with Gasteiger partial charge in [0.05, 0.1) is 21.2 Å². The maximum Gasteiger partial charge on any atom is 0.271 e. The lowest BCUT2D eigenvalue weighted by atomic mass is 9.73. The van der Waals surface area contributed by atoms with E-state index in [-0.39, 0.29) is 28.0 Å². The summed E-state index contributed by atoms with van der Waals surface area (Å²) in [6, 6.07) is 11.1. The highest BCUT2D eigenvalue weighted by Crippen LogP contribution is 2.43. The van der Waals surface area contributed by atoms with Gasteiger partial charge in [0.2, 0.25) is 0 Å². The van der Waals surface area contributed by atoms with Gasteiger partial charge in [0, 0.05) is 29.7 Å². The molecule has 3 aromatic rings. The number of aromatic nitrogens is 1. The predicted octanol–water partition coefficient (Wildman–Crippen LogP) is 3.65. The summed E-state index contributed by atoms with van der Waals surface area (Å²) < 4.78 is 16.7. The first-order valence-electron chi connectivity index (χ1n) is 10.7. The minimum absolute atomic E-state index is 0.0491. The highest BCUT2D eigenvalue weighted by Gasteiger charge is 2.41. The quantitative estimate of drug-likeness (QED) is 0.425. The number of non-ortho nitro benzene ring substituents is 1. The van der Waals surface area contributed by atoms with Crippen molar-refractivity contribution in [3.8, 4) is 0 Å². The number of Topliss-reactive ketones (excluding diaryl/α,β-unsaturated/α-hetero) is 1. The molecule has 34 heavy (non-hydrogen) atoms. The summed E-state index contributed by atoms with van der Waals surface area (Å²) in [5, 5.41) is 10.9. The van der Waals surface area contributed by atoms with E-state index in [1.54, 1.807) is 36.4 Å². The lowest BCUT2D eigenvalue weighted by Crippen LogP contribution is -2.42. The predicted molar refractivity (Wildman–Crippen MR) is 126 cm³/mol. The molecule has 2 aromatic carbocycles. The zero-order chi connectivity index (χ0) is 24.2. The van der Waals surface area contributed by atoms with Crippen LogP contribution in [0.15, 0.2) is 69.6 Å². The van der Waals surface area contributed by atoms with Crippen LogP contribution in [0, 0.1) is 21.3 Å². The second-order valence-corrected chi connectivity index (χ2v) is 10.3. The number of benzene rings is 2. The van der Waals surface area contributed by atoms with Crippen LogP contribution in [0.25, 0.3) is 6.08 Å². The number of nitro groups is 1. The number of thiazole rings is 1. The van der Waals surface area contributed by atoms with Crippen LogP contribution in [0.4, 0.5) is 10.1 Å². The summed E-state index contributed by atoms with van der Waals surface area (Å²) in [5.74, 6) is -0.628. The molecule has 2 aliphatic rings. The number of nitro benzene ring substituents is 1. The number of rotatable bonds is 3. The lowest BCUT2D eigenvalue weighted by molar-refractivity contribution is -0.384. The van der Waals surface area contributed by atoms with Crippen molar-refractivity contribution in [3.05, 3.63) is 107 Å². The van der Waals surface area contributed by atoms with Crippen LogP contribution < -0.4 is 14.9 Å². The fraction of sp³-hybridized carbons (Fsp3) is 0.240. The second-order valence-electron chi connectivity index (χ2n) is 9.25. The molecule has 172 valence electrons. The number of halogens is 1. The van der Waals surface area contributed by atoms with Gasteiger partial charge in [-0.2, -0.15) is 0 Å². The van der Waals surface area contributed by atoms with Gasteiger partial charge < -0.3 is 0 Å². The third-order valence-electron chi connectivity index (χ3n) is 6.10. The van der Waals surface area contributed by atoms with Crippen molar-refractivity contribution in [1.82, 2.24) is 4.57 Å². The van der Waals surface area contributed by atoms with Crippen molar-refractivity contribution in [1.29, 1.82) is 0 Å². The molecule has 0 bridgehead atoms. The SMILES string of the molecule is CC1(C)CC(=O)C2=C(C1)N=c1sc(=Cc3ccc([N+](=O)[O-])cc3)c(=O)n1C2c1ccccc1F. The van der Waals surface area contributed by atoms with E-state index >= 15 is 0 Å². The Balaban J connectivity index is 1.74. The van der Waals surface area contributed by atoms with Gasteiger partial charge in [-0.15, -0.1) is 0 Å². The highest BCUT2D eigenvalue weighted by molar-refractivity contribution is 7.07. The minimum Gasteiger partial charge on any atom is -0.294 e. The molecule has 0 spiro atoms. The van der Waals surface area contributed by atoms with Gasteiger partial charge in [0.15, 0.2) is 10.6 Å². The smallest absolute Gasteiger partial charge is 0.271 e. The Morgan fingerprint density at radius 1 is 1.15 bits per heavy atom. The maximum atomic E-state index is 15.0. The number of fused-ring (bicyclic) bond motifs is 1. The number of carbonyl (C=O) groups excluding carboxylic acids is 1. The molecular formula is C25H20FN3O4S. The zero-order valence-electron chi connectivity index (χ0n) is 18.4. The average Bonchev–Trinajstić information content (AvgIpc) is 3.07. The Hall–Kier alpha value is -3.72. The molecule has 0 radical (unpaired) electrons. The third-order valence-corrected chi connectivity index (χ3v) is 7.08. The van der Waals surface area contributed by atoms with Crippen molar-refractivity contribution in [3.63, 3.8) is 0 Å². The number of nitrogens with zero attached hydrogens (tertiary/aromatic N) is 3. The Kier molecular flexibility index (Phi) is 5.16. The Bertz CT molecular complexity index is 1560. The van der Waals surface area contributed by atoms with E-state index in [2.05, 4.69) is 4.99 Å². The molecular weight excluding hydrogens is 457 g/mol. The fourth-order valence-electron chi connectivity index (χ4n) is 4.58. The molecule has 1 aliphatic heterocycles. The number of carbonyl (C=O) groups is 1. The fourth-order valence-corrected chi connectivity index (χ4v) is 5.60. The normalized spacial score (nSPS) is 19.4. The first-order valence-corrected chi connectivity index (χ1v) is 11.5. The second kappa shape index (κ2) is 7.95. The van der Waals surface area contributed by atoms with Gasteiger partial charge in [-0.25, -0.2) is 9.38 Å². The van der Waals surface area contributed by atoms with Crippen molar-refractivity contribution in [2.75, 3.05) is 0 Å². The number of ketones is 1. The summed E-state index contributed by atoms with van der Waals surface area (Å²) >= 11 is 1.16. The van der Waals surface area contributed by atoms with Gasteiger partial charge in [-0.1, -0.05) is 43.4 Å². The van der Waals surface area contributed by atoms with Gasteiger partial charge in [0.25, 0.3) is 11.2 Å². The van der Waals surface area contributed by atoms with Gasteiger partial charge in [-0.05, 0) is 41.7 Å². The molecule has 0 saturated heterocycles. The molecule has 0 saturated carbocycles. The maximum absolute atomic E-state index is 15.0. The van der Waals surface area contributed by atoms with Gasteiger partial charge in [0.1, 0.15) is 5.82 Å². The van der Waals surface area contributed by atoms with Crippen molar-refractivity contribution >= 4 is 28.9 Å². The van der Waals surface area contributed by atoms with Crippen molar-refractivity contribution in [2.24, 2.45) is 10.4 Å². The summed E-state index contributed by atoms with van der Waals surface area (Å²) in [4.78, 5) is 42.3. The summed E-state index contributed by atoms with van der Waals surface area (Å²) in [6.45, 7) is 3.98. The van der Waals surface area contributed by atoms with E-state index < -0.39 is 16.8 Å². The number of hydrogen-bond acceptors (Lipinski definition) is 6. The summed E-state index contributed by atoms with van der Waals surface area (Å²) in [7, 11) is 0. The minimum atomic E-state index is -0.893. The zero-order valence-corrected chi connectivity index (χ0v) is 19.3. The third kappa shape index (κ3) is 3.71. The first kappa shape index (κ1) is 22.1. The van der Waals surface area contributed by atoms with E-state index in [9.17, 15) is 24.1 Å². The molecule has 5 rings (SSSR count). The first-order chi connectivity index (χ1) is 16.1. The van der Waals surface area contributed by atoms with Crippen LogP contribution >= 0.6 is 11.3 Å². The Morgan fingerprint density at radius 2 is 1.85 bits per heavy atom.